The molecule has 0 spiro atoms. The fraction of sp³-hybridized carbons (Fsp3) is 0.273. The Bertz CT molecular complexity index is 1120. The zero-order chi connectivity index (χ0) is 19.6. The van der Waals surface area contributed by atoms with Gasteiger partial charge in [0.25, 0.3) is 0 Å². The molecule has 4 aromatic rings. The quantitative estimate of drug-likeness (QED) is 0.577. The Morgan fingerprint density at radius 1 is 1.07 bits per heavy atom. The van der Waals surface area contributed by atoms with E-state index in [1.165, 1.54) is 4.90 Å². The van der Waals surface area contributed by atoms with E-state index >= 15 is 0 Å². The van der Waals surface area contributed by atoms with Crippen LogP contribution in [0.25, 0.3) is 22.3 Å². The van der Waals surface area contributed by atoms with Crippen LogP contribution in [-0.2, 0) is 6.54 Å². The van der Waals surface area contributed by atoms with Crippen molar-refractivity contribution < 1.29 is 9.42 Å². The minimum absolute atomic E-state index is 0.722. The van der Waals surface area contributed by atoms with E-state index in [1.54, 1.807) is 6.20 Å². The number of anilines is 1. The van der Waals surface area contributed by atoms with Gasteiger partial charge in [0.05, 0.1) is 31.7 Å². The van der Waals surface area contributed by atoms with Crippen LogP contribution in [0.5, 0.6) is 0 Å². The lowest BCUT2D eigenvalue weighted by molar-refractivity contribution is -0.914. The van der Waals surface area contributed by atoms with Crippen molar-refractivity contribution in [1.29, 1.82) is 0 Å². The summed E-state index contributed by atoms with van der Waals surface area (Å²) in [5.41, 5.74) is 2.92. The number of pyridine rings is 1. The van der Waals surface area contributed by atoms with E-state index in [0.717, 1.165) is 72.3 Å². The number of piperazine rings is 1. The van der Waals surface area contributed by atoms with E-state index < -0.39 is 0 Å². The first-order valence-electron chi connectivity index (χ1n) is 9.94. The molecule has 0 saturated carbocycles. The van der Waals surface area contributed by atoms with Crippen LogP contribution >= 0.6 is 0 Å². The molecule has 4 heterocycles. The number of rotatable bonds is 4. The summed E-state index contributed by atoms with van der Waals surface area (Å²) in [5.74, 6) is 2.60. The number of aromatic nitrogens is 4. The maximum absolute atomic E-state index is 5.20. The lowest BCUT2D eigenvalue weighted by Gasteiger charge is -2.33. The Kier molecular flexibility index (Phi) is 4.65. The lowest BCUT2D eigenvalue weighted by atomic mass is 10.2. The van der Waals surface area contributed by atoms with Gasteiger partial charge in [-0.1, -0.05) is 17.3 Å². The van der Waals surface area contributed by atoms with Crippen molar-refractivity contribution in [2.24, 2.45) is 0 Å². The van der Waals surface area contributed by atoms with Crippen molar-refractivity contribution >= 4 is 16.7 Å². The molecule has 3 aromatic heterocycles. The van der Waals surface area contributed by atoms with Gasteiger partial charge in [-0.05, 0) is 31.2 Å². The molecule has 1 aliphatic rings. The van der Waals surface area contributed by atoms with Crippen molar-refractivity contribution in [3.05, 3.63) is 66.3 Å². The Hall–Kier alpha value is -3.32. The molecule has 1 aliphatic heterocycles. The van der Waals surface area contributed by atoms with Gasteiger partial charge in [0.2, 0.25) is 0 Å². The molecule has 7 heteroatoms. The highest BCUT2D eigenvalue weighted by molar-refractivity contribution is 5.91. The highest BCUT2D eigenvalue weighted by Gasteiger charge is 2.24. The van der Waals surface area contributed by atoms with Gasteiger partial charge in [-0.3, -0.25) is 4.98 Å². The van der Waals surface area contributed by atoms with Crippen LogP contribution in [0.1, 0.15) is 11.5 Å². The van der Waals surface area contributed by atoms with Gasteiger partial charge in [-0.25, -0.2) is 9.97 Å². The van der Waals surface area contributed by atoms with Crippen LogP contribution in [0.15, 0.2) is 59.4 Å². The third-order valence-electron chi connectivity index (χ3n) is 5.38. The molecular formula is C22H23N6O+. The molecule has 146 valence electrons. The van der Waals surface area contributed by atoms with Crippen molar-refractivity contribution in [2.75, 3.05) is 31.1 Å². The molecule has 5 rings (SSSR count). The summed E-state index contributed by atoms with van der Waals surface area (Å²) in [6.07, 6.45) is 3.58. The van der Waals surface area contributed by atoms with Crippen molar-refractivity contribution in [2.45, 2.75) is 13.5 Å². The lowest BCUT2D eigenvalue weighted by Crippen LogP contribution is -3.13. The SMILES string of the molecule is Cc1cc(C[NH+]2CCN(c3nc(-c4cccnc4)nc4ccccc34)CC2)no1. The van der Waals surface area contributed by atoms with Gasteiger partial charge in [0.15, 0.2) is 5.82 Å². The Morgan fingerprint density at radius 2 is 1.93 bits per heavy atom. The maximum atomic E-state index is 5.20. The fourth-order valence-corrected chi connectivity index (χ4v) is 3.89. The fourth-order valence-electron chi connectivity index (χ4n) is 3.89. The molecule has 0 radical (unpaired) electrons. The van der Waals surface area contributed by atoms with E-state index in [9.17, 15) is 0 Å². The number of benzene rings is 1. The number of nitrogens with zero attached hydrogens (tertiary/aromatic N) is 5. The molecule has 1 saturated heterocycles. The molecular weight excluding hydrogens is 364 g/mol. The first-order valence-corrected chi connectivity index (χ1v) is 9.94. The highest BCUT2D eigenvalue weighted by Crippen LogP contribution is 2.27. The molecule has 29 heavy (non-hydrogen) atoms. The minimum Gasteiger partial charge on any atom is -0.361 e. The van der Waals surface area contributed by atoms with Gasteiger partial charge in [-0.15, -0.1) is 0 Å². The van der Waals surface area contributed by atoms with Crippen molar-refractivity contribution in [3.8, 4) is 11.4 Å². The first kappa shape index (κ1) is 17.8. The number of nitrogens with one attached hydrogen (secondary N) is 1. The monoisotopic (exact) mass is 387 g/mol. The molecule has 1 aromatic carbocycles. The second-order valence-corrected chi connectivity index (χ2v) is 7.47. The number of fused-ring (bicyclic) bond motifs is 1. The zero-order valence-corrected chi connectivity index (χ0v) is 16.4. The van der Waals surface area contributed by atoms with Gasteiger partial charge in [0.1, 0.15) is 23.8 Å². The summed E-state index contributed by atoms with van der Waals surface area (Å²) >= 11 is 0. The molecule has 0 atom stereocenters. The predicted molar refractivity (Wildman–Crippen MR) is 111 cm³/mol. The van der Waals surface area contributed by atoms with Gasteiger partial charge in [-0.2, -0.15) is 0 Å². The van der Waals surface area contributed by atoms with Crippen LogP contribution < -0.4 is 9.80 Å². The summed E-state index contributed by atoms with van der Waals surface area (Å²) in [6, 6.07) is 14.2. The summed E-state index contributed by atoms with van der Waals surface area (Å²) < 4.78 is 5.20. The van der Waals surface area contributed by atoms with E-state index in [2.05, 4.69) is 27.2 Å². The maximum Gasteiger partial charge on any atom is 0.163 e. The third-order valence-corrected chi connectivity index (χ3v) is 5.38. The van der Waals surface area contributed by atoms with Gasteiger partial charge in [0, 0.05) is 29.4 Å². The smallest absolute Gasteiger partial charge is 0.163 e. The van der Waals surface area contributed by atoms with Crippen molar-refractivity contribution in [3.63, 3.8) is 0 Å². The number of quaternary nitrogens is 1. The van der Waals surface area contributed by atoms with Crippen LogP contribution in [0.2, 0.25) is 0 Å². The van der Waals surface area contributed by atoms with Crippen LogP contribution in [0.4, 0.5) is 5.82 Å². The summed E-state index contributed by atoms with van der Waals surface area (Å²) in [6.45, 7) is 6.79. The standard InChI is InChI=1S/C22H22N6O/c1-16-13-18(26-29-16)15-27-9-11-28(12-10-27)22-19-6-2-3-7-20(19)24-21(25-22)17-5-4-8-23-14-17/h2-8,13-14H,9-12,15H2,1H3/p+1. The Balaban J connectivity index is 1.41. The molecule has 0 unspecified atom stereocenters. The van der Waals surface area contributed by atoms with Gasteiger partial charge >= 0.3 is 0 Å². The molecule has 0 amide bonds. The van der Waals surface area contributed by atoms with E-state index in [1.807, 2.05) is 43.5 Å². The second-order valence-electron chi connectivity index (χ2n) is 7.47. The highest BCUT2D eigenvalue weighted by atomic mass is 16.5. The Labute approximate surface area is 169 Å². The molecule has 0 aliphatic carbocycles. The molecule has 1 N–H and O–H groups in total. The predicted octanol–water partition coefficient (Wildman–Crippen LogP) is 1.89. The zero-order valence-electron chi connectivity index (χ0n) is 16.4. The molecule has 7 nitrogen and oxygen atoms in total. The second kappa shape index (κ2) is 7.60. The Morgan fingerprint density at radius 3 is 2.69 bits per heavy atom. The van der Waals surface area contributed by atoms with Crippen LogP contribution in [0.3, 0.4) is 0 Å². The normalized spacial score (nSPS) is 15.1. The minimum atomic E-state index is 0.722. The molecule has 1 fully saturated rings. The largest absolute Gasteiger partial charge is 0.361 e. The summed E-state index contributed by atoms with van der Waals surface area (Å²) in [4.78, 5) is 17.8. The summed E-state index contributed by atoms with van der Waals surface area (Å²) in [5, 5.41) is 5.23. The average Bonchev–Trinajstić information content (AvgIpc) is 3.18. The number of hydrogen-bond donors (Lipinski definition) is 1. The topological polar surface area (TPSA) is 72.4 Å². The van der Waals surface area contributed by atoms with E-state index in [4.69, 9.17) is 14.5 Å². The van der Waals surface area contributed by atoms with E-state index in [-0.39, 0.29) is 0 Å². The first-order chi connectivity index (χ1) is 14.3. The van der Waals surface area contributed by atoms with Gasteiger partial charge < -0.3 is 14.3 Å². The number of aryl methyl sites for hydroxylation is 1. The van der Waals surface area contributed by atoms with Crippen LogP contribution in [0, 0.1) is 6.92 Å². The average molecular weight is 387 g/mol. The molecule has 0 bridgehead atoms. The number of hydrogen-bond acceptors (Lipinski definition) is 6. The third kappa shape index (κ3) is 3.69. The summed E-state index contributed by atoms with van der Waals surface area (Å²) in [7, 11) is 0. The van der Waals surface area contributed by atoms with E-state index in [0.29, 0.717) is 0 Å². The van der Waals surface area contributed by atoms with Crippen molar-refractivity contribution in [1.82, 2.24) is 20.1 Å². The van der Waals surface area contributed by atoms with Crippen LogP contribution in [-0.4, -0.2) is 46.3 Å². The number of para-hydroxylation sites is 1.